The second-order valence-corrected chi connectivity index (χ2v) is 5.49. The van der Waals surface area contributed by atoms with Crippen LogP contribution in [0.15, 0.2) is 5.16 Å². The first-order chi connectivity index (χ1) is 7.89. The molecule has 0 radical (unpaired) electrons. The molecule has 0 aromatic rings. The van der Waals surface area contributed by atoms with E-state index < -0.39 is 0 Å². The maximum atomic E-state index is 8.50. The Balaban J connectivity index is 4.04. The van der Waals surface area contributed by atoms with E-state index in [2.05, 4.69) is 30.8 Å². The first-order valence-corrected chi connectivity index (χ1v) is 6.06. The molecular formula is C12H27N3O2. The Bertz CT molecular complexity index is 224. The summed E-state index contributed by atoms with van der Waals surface area (Å²) in [5.74, 6) is 0.281. The minimum Gasteiger partial charge on any atom is -0.409 e. The highest BCUT2D eigenvalue weighted by molar-refractivity contribution is 5.79. The fourth-order valence-corrected chi connectivity index (χ4v) is 1.37. The van der Waals surface area contributed by atoms with Gasteiger partial charge in [-0.3, -0.25) is 0 Å². The summed E-state index contributed by atoms with van der Waals surface area (Å²) in [6.45, 7) is 10.1. The smallest absolute Gasteiger partial charge is 0.140 e. The van der Waals surface area contributed by atoms with Crippen molar-refractivity contribution in [1.29, 1.82) is 0 Å². The van der Waals surface area contributed by atoms with E-state index in [1.54, 1.807) is 7.11 Å². The zero-order valence-electron chi connectivity index (χ0n) is 11.6. The first kappa shape index (κ1) is 16.2. The summed E-state index contributed by atoms with van der Waals surface area (Å²) in [6.07, 6.45) is 1.71. The van der Waals surface area contributed by atoms with E-state index in [0.29, 0.717) is 18.4 Å². The van der Waals surface area contributed by atoms with Gasteiger partial charge in [0.1, 0.15) is 5.84 Å². The number of amidine groups is 1. The molecule has 0 aliphatic carbocycles. The molecule has 0 spiro atoms. The molecule has 0 aromatic carbocycles. The molecule has 0 heterocycles. The van der Waals surface area contributed by atoms with Crippen molar-refractivity contribution in [1.82, 2.24) is 4.90 Å². The molecule has 0 atom stereocenters. The molecule has 5 heteroatoms. The predicted molar refractivity (Wildman–Crippen MR) is 70.4 cm³/mol. The third kappa shape index (κ3) is 10.1. The van der Waals surface area contributed by atoms with Gasteiger partial charge in [0.05, 0.1) is 6.61 Å². The van der Waals surface area contributed by atoms with E-state index in [-0.39, 0.29) is 5.84 Å². The lowest BCUT2D eigenvalue weighted by Gasteiger charge is -2.26. The third-order valence-corrected chi connectivity index (χ3v) is 2.60. The van der Waals surface area contributed by atoms with E-state index in [0.717, 1.165) is 26.1 Å². The van der Waals surface area contributed by atoms with Crippen LogP contribution >= 0.6 is 0 Å². The Hall–Kier alpha value is -0.810. The minimum absolute atomic E-state index is 0.281. The Morgan fingerprint density at radius 1 is 1.29 bits per heavy atom. The molecule has 0 aliphatic heterocycles. The summed E-state index contributed by atoms with van der Waals surface area (Å²) >= 11 is 0. The van der Waals surface area contributed by atoms with Gasteiger partial charge in [-0.2, -0.15) is 0 Å². The van der Waals surface area contributed by atoms with Crippen LogP contribution in [0.25, 0.3) is 0 Å². The Morgan fingerprint density at radius 2 is 1.94 bits per heavy atom. The van der Waals surface area contributed by atoms with Gasteiger partial charge in [0.2, 0.25) is 0 Å². The topological polar surface area (TPSA) is 71.1 Å². The van der Waals surface area contributed by atoms with Crippen LogP contribution in [0.1, 0.15) is 33.6 Å². The van der Waals surface area contributed by atoms with Gasteiger partial charge in [0.15, 0.2) is 0 Å². The minimum atomic E-state index is 0.281. The van der Waals surface area contributed by atoms with Gasteiger partial charge < -0.3 is 20.6 Å². The first-order valence-electron chi connectivity index (χ1n) is 6.06. The van der Waals surface area contributed by atoms with Crippen molar-refractivity contribution >= 4 is 5.84 Å². The lowest BCUT2D eigenvalue weighted by atomic mass is 9.92. The highest BCUT2D eigenvalue weighted by atomic mass is 16.5. The molecule has 0 aromatic heterocycles. The molecule has 17 heavy (non-hydrogen) atoms. The number of hydrogen-bond acceptors (Lipinski definition) is 4. The van der Waals surface area contributed by atoms with Crippen molar-refractivity contribution < 1.29 is 9.94 Å². The molecule has 0 unspecified atom stereocenters. The molecular weight excluding hydrogens is 218 g/mol. The highest BCUT2D eigenvalue weighted by Gasteiger charge is 2.13. The van der Waals surface area contributed by atoms with Gasteiger partial charge >= 0.3 is 0 Å². The zero-order chi connectivity index (χ0) is 13.3. The maximum absolute atomic E-state index is 8.50. The summed E-state index contributed by atoms with van der Waals surface area (Å²) in [7, 11) is 1.70. The summed E-state index contributed by atoms with van der Waals surface area (Å²) < 4.78 is 5.08. The van der Waals surface area contributed by atoms with Crippen LogP contribution in [-0.4, -0.2) is 49.3 Å². The Labute approximate surface area is 105 Å². The van der Waals surface area contributed by atoms with E-state index in [1.807, 2.05) is 0 Å². The molecule has 0 rings (SSSR count). The number of ether oxygens (including phenoxy) is 1. The number of rotatable bonds is 8. The normalized spacial score (nSPS) is 13.4. The predicted octanol–water partition coefficient (Wildman–Crippen LogP) is 1.51. The number of methoxy groups -OCH3 is 1. The third-order valence-electron chi connectivity index (χ3n) is 2.60. The van der Waals surface area contributed by atoms with Gasteiger partial charge in [0.25, 0.3) is 0 Å². The standard InChI is InChI=1S/C12H27N3O2/c1-12(2,3)6-8-15(9-10-17-4)7-5-11(13)14-16/h16H,5-10H2,1-4H3,(H2,13,14). The molecule has 5 nitrogen and oxygen atoms in total. The zero-order valence-corrected chi connectivity index (χ0v) is 11.6. The van der Waals surface area contributed by atoms with Crippen molar-refractivity contribution in [3.05, 3.63) is 0 Å². The molecule has 102 valence electrons. The lowest BCUT2D eigenvalue weighted by molar-refractivity contribution is 0.140. The van der Waals surface area contributed by atoms with Crippen molar-refractivity contribution in [2.45, 2.75) is 33.6 Å². The fourth-order valence-electron chi connectivity index (χ4n) is 1.37. The molecule has 3 N–H and O–H groups in total. The summed E-state index contributed by atoms with van der Waals surface area (Å²) in [5.41, 5.74) is 5.80. The van der Waals surface area contributed by atoms with Crippen LogP contribution in [0.4, 0.5) is 0 Å². The van der Waals surface area contributed by atoms with E-state index >= 15 is 0 Å². The second-order valence-electron chi connectivity index (χ2n) is 5.49. The Morgan fingerprint density at radius 3 is 2.41 bits per heavy atom. The van der Waals surface area contributed by atoms with Crippen LogP contribution in [0.3, 0.4) is 0 Å². The van der Waals surface area contributed by atoms with Gasteiger partial charge in [-0.25, -0.2) is 0 Å². The summed E-state index contributed by atoms with van der Waals surface area (Å²) in [5, 5.41) is 11.5. The van der Waals surface area contributed by atoms with Gasteiger partial charge in [-0.15, -0.1) is 0 Å². The SMILES string of the molecule is COCCN(CC/C(N)=N/O)CCC(C)(C)C. The molecule has 0 fully saturated rings. The van der Waals surface area contributed by atoms with Gasteiger partial charge in [0, 0.05) is 26.6 Å². The van der Waals surface area contributed by atoms with Crippen molar-refractivity contribution in [2.24, 2.45) is 16.3 Å². The number of oxime groups is 1. The molecule has 0 bridgehead atoms. The van der Waals surface area contributed by atoms with Crippen LogP contribution in [0.2, 0.25) is 0 Å². The largest absolute Gasteiger partial charge is 0.409 e. The van der Waals surface area contributed by atoms with Gasteiger partial charge in [-0.05, 0) is 18.4 Å². The molecule has 0 aliphatic rings. The Kier molecular flexibility index (Phi) is 7.91. The molecule has 0 saturated carbocycles. The van der Waals surface area contributed by atoms with Gasteiger partial charge in [-0.1, -0.05) is 25.9 Å². The average molecular weight is 245 g/mol. The molecule has 0 saturated heterocycles. The fraction of sp³-hybridized carbons (Fsp3) is 0.917. The van der Waals surface area contributed by atoms with E-state index in [1.165, 1.54) is 0 Å². The van der Waals surface area contributed by atoms with E-state index in [9.17, 15) is 0 Å². The second kappa shape index (κ2) is 8.31. The van der Waals surface area contributed by atoms with Crippen molar-refractivity contribution in [3.63, 3.8) is 0 Å². The average Bonchev–Trinajstić information content (AvgIpc) is 2.26. The van der Waals surface area contributed by atoms with E-state index in [4.69, 9.17) is 15.7 Å². The van der Waals surface area contributed by atoms with Crippen LogP contribution < -0.4 is 5.73 Å². The van der Waals surface area contributed by atoms with Crippen LogP contribution in [0, 0.1) is 5.41 Å². The maximum Gasteiger partial charge on any atom is 0.140 e. The quantitative estimate of drug-likeness (QED) is 0.294. The highest BCUT2D eigenvalue weighted by Crippen LogP contribution is 2.18. The summed E-state index contributed by atoms with van der Waals surface area (Å²) in [4.78, 5) is 2.28. The monoisotopic (exact) mass is 245 g/mol. The number of nitrogens with two attached hydrogens (primary N) is 1. The lowest BCUT2D eigenvalue weighted by Crippen LogP contribution is -2.33. The molecule has 0 amide bonds. The van der Waals surface area contributed by atoms with Crippen LogP contribution in [0.5, 0.6) is 0 Å². The van der Waals surface area contributed by atoms with Crippen molar-refractivity contribution in [3.8, 4) is 0 Å². The summed E-state index contributed by atoms with van der Waals surface area (Å²) in [6, 6.07) is 0. The number of nitrogens with zero attached hydrogens (tertiary/aromatic N) is 2. The number of hydrogen-bond donors (Lipinski definition) is 2. The van der Waals surface area contributed by atoms with Crippen LogP contribution in [-0.2, 0) is 4.74 Å². The van der Waals surface area contributed by atoms with Crippen molar-refractivity contribution in [2.75, 3.05) is 33.4 Å².